The lowest BCUT2D eigenvalue weighted by Gasteiger charge is -2.37. The molecule has 2 saturated heterocycles. The summed E-state index contributed by atoms with van der Waals surface area (Å²) in [5.41, 5.74) is 1.33. The first kappa shape index (κ1) is 23.8. The molecule has 180 valence electrons. The molecule has 0 radical (unpaired) electrons. The Labute approximate surface area is 192 Å². The van der Waals surface area contributed by atoms with Crippen LogP contribution in [0.5, 0.6) is 0 Å². The molecule has 0 bridgehead atoms. The van der Waals surface area contributed by atoms with Crippen LogP contribution in [0.15, 0.2) is 24.4 Å². The minimum Gasteiger partial charge on any atom is -0.368 e. The highest BCUT2D eigenvalue weighted by Gasteiger charge is 2.31. The second kappa shape index (κ2) is 8.78. The van der Waals surface area contributed by atoms with E-state index in [1.165, 1.54) is 26.9 Å². The quantitative estimate of drug-likeness (QED) is 0.590. The number of aromatic nitrogens is 1. The number of anilines is 1. The largest absolute Gasteiger partial charge is 0.368 e. The van der Waals surface area contributed by atoms with Gasteiger partial charge in [0.15, 0.2) is 0 Å². The van der Waals surface area contributed by atoms with E-state index in [1.807, 2.05) is 4.90 Å². The number of carbonyl (C=O) groups is 1. The molecule has 3 heterocycles. The predicted molar refractivity (Wildman–Crippen MR) is 123 cm³/mol. The van der Waals surface area contributed by atoms with E-state index < -0.39 is 25.9 Å². The molecule has 0 unspecified atom stereocenters. The molecule has 13 heteroatoms. The zero-order valence-electron chi connectivity index (χ0n) is 18.4. The van der Waals surface area contributed by atoms with Crippen molar-refractivity contribution >= 4 is 42.5 Å². The number of amides is 1. The first-order valence-electron chi connectivity index (χ1n) is 10.5. The molecule has 0 atom stereocenters. The summed E-state index contributed by atoms with van der Waals surface area (Å²) in [6.07, 6.45) is 3.76. The smallest absolute Gasteiger partial charge is 0.257 e. The van der Waals surface area contributed by atoms with Crippen molar-refractivity contribution in [1.82, 2.24) is 18.5 Å². The number of piperazine rings is 2. The molecule has 0 N–H and O–H groups in total. The van der Waals surface area contributed by atoms with Crippen molar-refractivity contribution in [3.05, 3.63) is 35.8 Å². The van der Waals surface area contributed by atoms with Gasteiger partial charge in [0.1, 0.15) is 5.82 Å². The number of carbonyl (C=O) groups excluding carboxylic acids is 1. The van der Waals surface area contributed by atoms with Gasteiger partial charge in [-0.05, 0) is 18.2 Å². The summed E-state index contributed by atoms with van der Waals surface area (Å²) in [6, 6.07) is 4.17. The van der Waals surface area contributed by atoms with Gasteiger partial charge >= 0.3 is 0 Å². The van der Waals surface area contributed by atoms with E-state index in [0.717, 1.165) is 12.5 Å². The molecule has 1 aromatic heterocycles. The predicted octanol–water partition coefficient (Wildman–Crippen LogP) is 0.173. The van der Waals surface area contributed by atoms with Crippen molar-refractivity contribution in [3.63, 3.8) is 0 Å². The number of halogens is 1. The molecule has 4 rings (SSSR count). The highest BCUT2D eigenvalue weighted by atomic mass is 32.2. The number of nitrogens with zero attached hydrogens (tertiary/aromatic N) is 5. The molecule has 0 aliphatic carbocycles. The van der Waals surface area contributed by atoms with E-state index in [0.29, 0.717) is 29.7 Å². The SMILES string of the molecule is CS(=O)(=O)N1CCN(C(=O)c2cnc3ccc(F)cc3c2N2CCN(S(C)(=O)=O)CC2)CC1. The maximum Gasteiger partial charge on any atom is 0.257 e. The summed E-state index contributed by atoms with van der Waals surface area (Å²) in [4.78, 5) is 21.3. The van der Waals surface area contributed by atoms with E-state index in [4.69, 9.17) is 0 Å². The van der Waals surface area contributed by atoms with Crippen molar-refractivity contribution < 1.29 is 26.0 Å². The van der Waals surface area contributed by atoms with Gasteiger partial charge in [0, 0.05) is 63.9 Å². The zero-order chi connectivity index (χ0) is 24.0. The number of rotatable bonds is 4. The average Bonchev–Trinajstić information content (AvgIpc) is 2.77. The molecule has 0 spiro atoms. The Morgan fingerprint density at radius 2 is 1.42 bits per heavy atom. The Balaban J connectivity index is 1.68. The van der Waals surface area contributed by atoms with Crippen LogP contribution in [0.1, 0.15) is 10.4 Å². The monoisotopic (exact) mass is 499 g/mol. The second-order valence-corrected chi connectivity index (χ2v) is 12.3. The number of hydrogen-bond acceptors (Lipinski definition) is 7. The molecule has 33 heavy (non-hydrogen) atoms. The van der Waals surface area contributed by atoms with E-state index in [2.05, 4.69) is 4.98 Å². The maximum absolute atomic E-state index is 14.2. The fourth-order valence-electron chi connectivity index (χ4n) is 4.28. The minimum absolute atomic E-state index is 0.197. The van der Waals surface area contributed by atoms with Crippen LogP contribution in [-0.2, 0) is 20.0 Å². The Morgan fingerprint density at radius 3 is 1.97 bits per heavy atom. The van der Waals surface area contributed by atoms with Crippen LogP contribution < -0.4 is 4.90 Å². The molecule has 2 aliphatic rings. The van der Waals surface area contributed by atoms with Gasteiger partial charge in [-0.1, -0.05) is 0 Å². The molecule has 2 fully saturated rings. The standard InChI is InChI=1S/C20H26FN5O5S2/c1-32(28,29)25-9-5-23(6-10-25)19-16-13-15(21)3-4-18(16)22-14-17(19)20(27)24-7-11-26(12-8-24)33(2,30)31/h3-4,13-14H,5-12H2,1-2H3. The summed E-state index contributed by atoms with van der Waals surface area (Å²) >= 11 is 0. The van der Waals surface area contributed by atoms with Crippen LogP contribution in [-0.4, -0.2) is 106 Å². The second-order valence-electron chi connectivity index (χ2n) is 8.29. The number of benzene rings is 1. The molecule has 1 aromatic carbocycles. The molecule has 2 aliphatic heterocycles. The van der Waals surface area contributed by atoms with Crippen molar-refractivity contribution in [1.29, 1.82) is 0 Å². The Morgan fingerprint density at radius 1 is 0.879 bits per heavy atom. The third-order valence-electron chi connectivity index (χ3n) is 6.05. The summed E-state index contributed by atoms with van der Waals surface area (Å²) in [5, 5.41) is 0.475. The summed E-state index contributed by atoms with van der Waals surface area (Å²) < 4.78 is 64.3. The van der Waals surface area contributed by atoms with E-state index in [1.54, 1.807) is 11.0 Å². The number of sulfonamides is 2. The molecule has 1 amide bonds. The van der Waals surface area contributed by atoms with Crippen LogP contribution in [0, 0.1) is 5.82 Å². The normalized spacial score (nSPS) is 19.2. The van der Waals surface area contributed by atoms with Gasteiger partial charge in [-0.3, -0.25) is 9.78 Å². The summed E-state index contributed by atoms with van der Waals surface area (Å²) in [7, 11) is -6.67. The van der Waals surface area contributed by atoms with Gasteiger partial charge in [0.05, 0.1) is 29.3 Å². The maximum atomic E-state index is 14.2. The van der Waals surface area contributed by atoms with Crippen molar-refractivity contribution in [2.75, 3.05) is 69.8 Å². The fraction of sp³-hybridized carbons (Fsp3) is 0.500. The van der Waals surface area contributed by atoms with Gasteiger partial charge in [0.2, 0.25) is 20.0 Å². The van der Waals surface area contributed by atoms with Crippen molar-refractivity contribution in [2.45, 2.75) is 0 Å². The Hall–Kier alpha value is -2.35. The first-order chi connectivity index (χ1) is 15.4. The van der Waals surface area contributed by atoms with Crippen molar-refractivity contribution in [2.24, 2.45) is 0 Å². The van der Waals surface area contributed by atoms with Crippen LogP contribution in [0.25, 0.3) is 10.9 Å². The molecule has 2 aromatic rings. The lowest BCUT2D eigenvalue weighted by Crippen LogP contribution is -2.51. The number of pyridine rings is 1. The number of fused-ring (bicyclic) bond motifs is 1. The van der Waals surface area contributed by atoms with Crippen molar-refractivity contribution in [3.8, 4) is 0 Å². The average molecular weight is 500 g/mol. The molecular formula is C20H26FN5O5S2. The fourth-order valence-corrected chi connectivity index (χ4v) is 5.94. The molecular weight excluding hydrogens is 473 g/mol. The van der Waals surface area contributed by atoms with Gasteiger partial charge in [-0.15, -0.1) is 0 Å². The third-order valence-corrected chi connectivity index (χ3v) is 8.66. The van der Waals surface area contributed by atoms with Gasteiger partial charge in [0.25, 0.3) is 5.91 Å². The van der Waals surface area contributed by atoms with E-state index in [9.17, 15) is 26.0 Å². The highest BCUT2D eigenvalue weighted by Crippen LogP contribution is 2.32. The Bertz CT molecular complexity index is 1290. The lowest BCUT2D eigenvalue weighted by molar-refractivity contribution is 0.0698. The van der Waals surface area contributed by atoms with Gasteiger partial charge in [-0.2, -0.15) is 8.61 Å². The van der Waals surface area contributed by atoms with E-state index in [-0.39, 0.29) is 50.7 Å². The Kier molecular flexibility index (Phi) is 6.33. The van der Waals surface area contributed by atoms with E-state index >= 15 is 0 Å². The number of hydrogen-bond donors (Lipinski definition) is 0. The van der Waals surface area contributed by atoms with Gasteiger partial charge in [-0.25, -0.2) is 21.2 Å². The van der Waals surface area contributed by atoms with Crippen LogP contribution in [0.4, 0.5) is 10.1 Å². The molecule has 10 nitrogen and oxygen atoms in total. The first-order valence-corrected chi connectivity index (χ1v) is 14.2. The topological polar surface area (TPSA) is 111 Å². The highest BCUT2D eigenvalue weighted by molar-refractivity contribution is 7.88. The van der Waals surface area contributed by atoms with Crippen LogP contribution in [0.2, 0.25) is 0 Å². The van der Waals surface area contributed by atoms with Gasteiger partial charge < -0.3 is 9.80 Å². The minimum atomic E-state index is -3.34. The summed E-state index contributed by atoms with van der Waals surface area (Å²) in [6.45, 7) is 2.03. The summed E-state index contributed by atoms with van der Waals surface area (Å²) in [5.74, 6) is -0.783. The third kappa shape index (κ3) is 4.95. The van der Waals surface area contributed by atoms with Crippen LogP contribution in [0.3, 0.4) is 0 Å². The molecule has 0 saturated carbocycles. The lowest BCUT2D eigenvalue weighted by atomic mass is 10.1. The zero-order valence-corrected chi connectivity index (χ0v) is 20.1. The van der Waals surface area contributed by atoms with Crippen LogP contribution >= 0.6 is 0 Å².